The Balaban J connectivity index is 1.44. The number of carbonyl (C=O) groups excluding carboxylic acids is 1. The minimum absolute atomic E-state index is 0.149. The second kappa shape index (κ2) is 8.97. The van der Waals surface area contributed by atoms with Gasteiger partial charge in [0.1, 0.15) is 11.6 Å². The van der Waals surface area contributed by atoms with Gasteiger partial charge in [-0.2, -0.15) is 0 Å². The lowest BCUT2D eigenvalue weighted by Crippen LogP contribution is -2.34. The van der Waals surface area contributed by atoms with Crippen LogP contribution in [0.1, 0.15) is 35.1 Å². The highest BCUT2D eigenvalue weighted by Crippen LogP contribution is 2.32. The van der Waals surface area contributed by atoms with Gasteiger partial charge in [0.15, 0.2) is 23.3 Å². The summed E-state index contributed by atoms with van der Waals surface area (Å²) < 4.78 is 32.1. The van der Waals surface area contributed by atoms with Gasteiger partial charge >= 0.3 is 0 Å². The minimum atomic E-state index is -0.834. The van der Waals surface area contributed by atoms with Crippen molar-refractivity contribution in [1.82, 2.24) is 14.9 Å². The maximum absolute atomic E-state index is 13.8. The van der Waals surface area contributed by atoms with Crippen molar-refractivity contribution in [3.8, 4) is 5.75 Å². The van der Waals surface area contributed by atoms with Crippen molar-refractivity contribution in [2.75, 3.05) is 18.5 Å². The second-order valence-electron chi connectivity index (χ2n) is 7.34. The number of thiazole rings is 1. The van der Waals surface area contributed by atoms with E-state index in [2.05, 4.69) is 15.3 Å². The fraction of sp³-hybridized carbons (Fsp3) is 0.318. The number of nitrogens with one attached hydrogen (secondary N) is 1. The Kier molecular flexibility index (Phi) is 6.13. The molecular formula is C22H22F2N4O2S. The Morgan fingerprint density at radius 2 is 2.10 bits per heavy atom. The highest BCUT2D eigenvalue weighted by molar-refractivity contribution is 7.15. The predicted octanol–water partition coefficient (Wildman–Crippen LogP) is 4.92. The molecule has 1 N–H and O–H groups in total. The lowest BCUT2D eigenvalue weighted by molar-refractivity contribution is -0.134. The number of likely N-dealkylation sites (tertiary alicyclic amines) is 1. The molecule has 162 valence electrons. The van der Waals surface area contributed by atoms with Crippen molar-refractivity contribution >= 4 is 28.2 Å². The number of carbonyl (C=O) groups is 1. The van der Waals surface area contributed by atoms with Crippen LogP contribution in [-0.4, -0.2) is 33.9 Å². The van der Waals surface area contributed by atoms with Gasteiger partial charge in [-0.05, 0) is 51.0 Å². The van der Waals surface area contributed by atoms with E-state index >= 15 is 0 Å². The van der Waals surface area contributed by atoms with Crippen molar-refractivity contribution in [3.05, 3.63) is 64.3 Å². The smallest absolute Gasteiger partial charge is 0.261 e. The van der Waals surface area contributed by atoms with Gasteiger partial charge in [0, 0.05) is 17.5 Å². The number of hydrogen-bond acceptors (Lipinski definition) is 6. The number of aryl methyl sites for hydroxylation is 2. The molecular weight excluding hydrogens is 422 g/mol. The van der Waals surface area contributed by atoms with Gasteiger partial charge in [-0.25, -0.2) is 18.7 Å². The molecule has 1 saturated heterocycles. The van der Waals surface area contributed by atoms with E-state index in [9.17, 15) is 13.6 Å². The molecule has 0 saturated carbocycles. The Morgan fingerprint density at radius 1 is 1.26 bits per heavy atom. The summed E-state index contributed by atoms with van der Waals surface area (Å²) in [6.07, 6.45) is 1.62. The Bertz CT molecular complexity index is 1090. The molecule has 2 aromatic heterocycles. The van der Waals surface area contributed by atoms with Gasteiger partial charge in [-0.3, -0.25) is 4.79 Å². The first-order valence-electron chi connectivity index (χ1n) is 9.96. The number of amides is 1. The van der Waals surface area contributed by atoms with Crippen molar-refractivity contribution in [3.63, 3.8) is 0 Å². The fourth-order valence-electron chi connectivity index (χ4n) is 3.53. The summed E-state index contributed by atoms with van der Waals surface area (Å²) in [5, 5.41) is 4.00. The number of pyridine rings is 1. The van der Waals surface area contributed by atoms with Crippen LogP contribution in [0.3, 0.4) is 0 Å². The van der Waals surface area contributed by atoms with E-state index in [0.717, 1.165) is 46.4 Å². The summed E-state index contributed by atoms with van der Waals surface area (Å²) in [7, 11) is 0. The molecule has 9 heteroatoms. The van der Waals surface area contributed by atoms with Crippen molar-refractivity contribution in [2.24, 2.45) is 0 Å². The van der Waals surface area contributed by atoms with Gasteiger partial charge in [0.2, 0.25) is 0 Å². The van der Waals surface area contributed by atoms with E-state index in [4.69, 9.17) is 4.74 Å². The molecule has 1 atom stereocenters. The molecule has 4 rings (SSSR count). The van der Waals surface area contributed by atoms with Gasteiger partial charge in [0.25, 0.3) is 5.91 Å². The van der Waals surface area contributed by atoms with Crippen LogP contribution in [0.2, 0.25) is 0 Å². The molecule has 6 nitrogen and oxygen atoms in total. The third-order valence-corrected chi connectivity index (χ3v) is 6.18. The molecule has 1 amide bonds. The largest absolute Gasteiger partial charge is 0.481 e. The number of ether oxygens (including phenoxy) is 1. The molecule has 1 fully saturated rings. The summed E-state index contributed by atoms with van der Waals surface area (Å²) in [5.74, 6) is -1.28. The van der Waals surface area contributed by atoms with E-state index in [0.29, 0.717) is 12.4 Å². The first-order chi connectivity index (χ1) is 14.9. The van der Waals surface area contributed by atoms with E-state index in [1.54, 1.807) is 16.2 Å². The third-order valence-electron chi connectivity index (χ3n) is 5.19. The standard InChI is InChI=1S/C22H22F2N4O2S/c1-13-14(2)31-22(25-13)27-20-7-3-5-17(26-20)18-6-4-10-28(18)21(29)12-30-19-9-8-15(23)11-16(19)24/h3,5,7-9,11,18H,4,6,10,12H2,1-2H3,(H,25,26,27)/t18-/m0/s1. The summed E-state index contributed by atoms with van der Waals surface area (Å²) in [6, 6.07) is 8.45. The molecule has 31 heavy (non-hydrogen) atoms. The van der Waals surface area contributed by atoms with Gasteiger partial charge in [-0.1, -0.05) is 6.07 Å². The first kappa shape index (κ1) is 21.2. The van der Waals surface area contributed by atoms with Crippen molar-refractivity contribution < 1.29 is 18.3 Å². The van der Waals surface area contributed by atoms with E-state index in [1.807, 2.05) is 32.0 Å². The summed E-state index contributed by atoms with van der Waals surface area (Å²) in [6.45, 7) is 4.23. The normalized spacial score (nSPS) is 15.9. The molecule has 3 heterocycles. The summed E-state index contributed by atoms with van der Waals surface area (Å²) in [5.41, 5.74) is 1.75. The summed E-state index contributed by atoms with van der Waals surface area (Å²) in [4.78, 5) is 24.7. The van der Waals surface area contributed by atoms with Crippen LogP contribution in [0.15, 0.2) is 36.4 Å². The zero-order chi connectivity index (χ0) is 22.0. The first-order valence-corrected chi connectivity index (χ1v) is 10.8. The molecule has 0 bridgehead atoms. The van der Waals surface area contributed by atoms with Crippen LogP contribution in [-0.2, 0) is 4.79 Å². The number of hydrogen-bond donors (Lipinski definition) is 1. The average molecular weight is 445 g/mol. The third kappa shape index (κ3) is 4.82. The molecule has 1 aromatic carbocycles. The van der Waals surface area contributed by atoms with Crippen LogP contribution in [0.4, 0.5) is 19.7 Å². The van der Waals surface area contributed by atoms with Crippen LogP contribution in [0.5, 0.6) is 5.75 Å². The fourth-order valence-corrected chi connectivity index (χ4v) is 4.35. The minimum Gasteiger partial charge on any atom is -0.481 e. The van der Waals surface area contributed by atoms with E-state index in [1.165, 1.54) is 6.07 Å². The highest BCUT2D eigenvalue weighted by Gasteiger charge is 2.31. The number of benzene rings is 1. The number of halogens is 2. The lowest BCUT2D eigenvalue weighted by atomic mass is 10.1. The maximum atomic E-state index is 13.8. The predicted molar refractivity (Wildman–Crippen MR) is 115 cm³/mol. The van der Waals surface area contributed by atoms with Gasteiger partial charge in [0.05, 0.1) is 17.4 Å². The second-order valence-corrected chi connectivity index (χ2v) is 8.55. The highest BCUT2D eigenvalue weighted by atomic mass is 32.1. The van der Waals surface area contributed by atoms with Gasteiger partial charge in [-0.15, -0.1) is 11.3 Å². The van der Waals surface area contributed by atoms with Crippen LogP contribution >= 0.6 is 11.3 Å². The monoisotopic (exact) mass is 444 g/mol. The van der Waals surface area contributed by atoms with Crippen molar-refractivity contribution in [2.45, 2.75) is 32.7 Å². The zero-order valence-corrected chi connectivity index (χ0v) is 18.0. The zero-order valence-electron chi connectivity index (χ0n) is 17.2. The Hall–Kier alpha value is -3.07. The van der Waals surface area contributed by atoms with Crippen LogP contribution in [0, 0.1) is 25.5 Å². The van der Waals surface area contributed by atoms with Crippen LogP contribution in [0.25, 0.3) is 0 Å². The summed E-state index contributed by atoms with van der Waals surface area (Å²) >= 11 is 1.56. The number of nitrogens with zero attached hydrogens (tertiary/aromatic N) is 3. The molecule has 0 radical (unpaired) electrons. The molecule has 1 aliphatic heterocycles. The molecule has 0 unspecified atom stereocenters. The molecule has 1 aliphatic rings. The quantitative estimate of drug-likeness (QED) is 0.585. The SMILES string of the molecule is Cc1nc(Nc2cccc([C@@H]3CCCN3C(=O)COc3ccc(F)cc3F)n2)sc1C. The van der Waals surface area contributed by atoms with Gasteiger partial charge < -0.3 is 15.0 Å². The van der Waals surface area contributed by atoms with Crippen molar-refractivity contribution in [1.29, 1.82) is 0 Å². The number of anilines is 2. The van der Waals surface area contributed by atoms with E-state index < -0.39 is 11.6 Å². The Morgan fingerprint density at radius 3 is 2.84 bits per heavy atom. The molecule has 3 aromatic rings. The van der Waals surface area contributed by atoms with Crippen LogP contribution < -0.4 is 10.1 Å². The maximum Gasteiger partial charge on any atom is 0.261 e. The topological polar surface area (TPSA) is 67.4 Å². The number of rotatable bonds is 6. The Labute approximate surface area is 182 Å². The van der Waals surface area contributed by atoms with E-state index in [-0.39, 0.29) is 24.3 Å². The molecule has 0 spiro atoms. The average Bonchev–Trinajstić information content (AvgIpc) is 3.34. The lowest BCUT2D eigenvalue weighted by Gasteiger charge is -2.24. The molecule has 0 aliphatic carbocycles. The number of aromatic nitrogens is 2.